The van der Waals surface area contributed by atoms with Gasteiger partial charge in [-0.15, -0.1) is 23.7 Å². The molecule has 1 atom stereocenters. The highest BCUT2D eigenvalue weighted by Gasteiger charge is 2.19. The lowest BCUT2D eigenvalue weighted by Crippen LogP contribution is -2.10. The van der Waals surface area contributed by atoms with E-state index in [1.165, 1.54) is 17.5 Å². The zero-order valence-electron chi connectivity index (χ0n) is 15.0. The standard InChI is InChI=1S/C18H19N3O3S2.ClH/c1-11-9-15(20-17(11)18(22)16-5-4-8-25-16)12(2)14-7-6-13(10-19-14)21-26(3,23)24;/h4-10,12,20-21H,1-3H3;1H. The molecule has 0 radical (unpaired) electrons. The third-order valence-corrected chi connectivity index (χ3v) is 5.48. The molecule has 0 aliphatic rings. The lowest BCUT2D eigenvalue weighted by Gasteiger charge is -2.10. The van der Waals surface area contributed by atoms with E-state index in [-0.39, 0.29) is 24.1 Å². The summed E-state index contributed by atoms with van der Waals surface area (Å²) >= 11 is 1.42. The van der Waals surface area contributed by atoms with Gasteiger partial charge in [-0.25, -0.2) is 8.42 Å². The number of thiophene rings is 1. The highest BCUT2D eigenvalue weighted by Crippen LogP contribution is 2.26. The van der Waals surface area contributed by atoms with Crippen molar-refractivity contribution >= 4 is 45.2 Å². The topological polar surface area (TPSA) is 91.9 Å². The predicted octanol–water partition coefficient (Wildman–Crippen LogP) is 3.96. The molecule has 2 N–H and O–H groups in total. The van der Waals surface area contributed by atoms with E-state index in [4.69, 9.17) is 0 Å². The second-order valence-corrected chi connectivity index (χ2v) is 8.85. The molecule has 3 aromatic heterocycles. The third-order valence-electron chi connectivity index (χ3n) is 4.01. The second kappa shape index (κ2) is 8.24. The summed E-state index contributed by atoms with van der Waals surface area (Å²) in [5.74, 6) is -0.0810. The fourth-order valence-corrected chi connectivity index (χ4v) is 3.90. The van der Waals surface area contributed by atoms with Crippen LogP contribution in [0.5, 0.6) is 0 Å². The van der Waals surface area contributed by atoms with Gasteiger partial charge in [0, 0.05) is 17.3 Å². The van der Waals surface area contributed by atoms with Crippen LogP contribution in [0.15, 0.2) is 41.9 Å². The summed E-state index contributed by atoms with van der Waals surface area (Å²) in [7, 11) is -3.33. The molecule has 144 valence electrons. The fourth-order valence-electron chi connectivity index (χ4n) is 2.68. The van der Waals surface area contributed by atoms with Crippen molar-refractivity contribution in [1.82, 2.24) is 9.97 Å². The zero-order chi connectivity index (χ0) is 18.9. The predicted molar refractivity (Wildman–Crippen MR) is 111 cm³/mol. The van der Waals surface area contributed by atoms with E-state index in [2.05, 4.69) is 14.7 Å². The minimum Gasteiger partial charge on any atom is -0.355 e. The Kier molecular flexibility index (Phi) is 6.46. The Morgan fingerprint density at radius 2 is 2.04 bits per heavy atom. The number of halogens is 1. The number of ketones is 1. The maximum Gasteiger partial charge on any atom is 0.229 e. The van der Waals surface area contributed by atoms with Gasteiger partial charge in [0.05, 0.1) is 28.7 Å². The Morgan fingerprint density at radius 3 is 2.59 bits per heavy atom. The minimum atomic E-state index is -3.33. The average molecular weight is 426 g/mol. The molecule has 9 heteroatoms. The van der Waals surface area contributed by atoms with Gasteiger partial charge in [0.25, 0.3) is 0 Å². The van der Waals surface area contributed by atoms with Crippen LogP contribution in [0.1, 0.15) is 45.2 Å². The number of pyridine rings is 1. The van der Waals surface area contributed by atoms with E-state index in [0.717, 1.165) is 23.2 Å². The van der Waals surface area contributed by atoms with E-state index in [1.807, 2.05) is 37.4 Å². The molecule has 3 heterocycles. The molecule has 0 spiro atoms. The van der Waals surface area contributed by atoms with Crippen LogP contribution in [0.2, 0.25) is 0 Å². The molecule has 0 fully saturated rings. The van der Waals surface area contributed by atoms with Crippen molar-refractivity contribution < 1.29 is 13.2 Å². The molecule has 0 aliphatic carbocycles. The van der Waals surface area contributed by atoms with Crippen molar-refractivity contribution in [2.45, 2.75) is 19.8 Å². The van der Waals surface area contributed by atoms with E-state index >= 15 is 0 Å². The van der Waals surface area contributed by atoms with Crippen LogP contribution < -0.4 is 4.72 Å². The number of hydrogen-bond acceptors (Lipinski definition) is 5. The third kappa shape index (κ3) is 4.97. The lowest BCUT2D eigenvalue weighted by molar-refractivity contribution is 0.103. The summed E-state index contributed by atoms with van der Waals surface area (Å²) in [6, 6.07) is 9.07. The minimum absolute atomic E-state index is 0. The number of nitrogens with one attached hydrogen (secondary N) is 2. The van der Waals surface area contributed by atoms with Crippen molar-refractivity contribution in [2.24, 2.45) is 0 Å². The number of aromatic nitrogens is 2. The number of carbonyl (C=O) groups excluding carboxylic acids is 1. The number of rotatable bonds is 6. The van der Waals surface area contributed by atoms with Gasteiger partial charge < -0.3 is 4.98 Å². The summed E-state index contributed by atoms with van der Waals surface area (Å²) < 4.78 is 24.9. The van der Waals surface area contributed by atoms with Crippen molar-refractivity contribution in [3.63, 3.8) is 0 Å². The fraction of sp³-hybridized carbons (Fsp3) is 0.222. The molecular weight excluding hydrogens is 406 g/mol. The van der Waals surface area contributed by atoms with Gasteiger partial charge >= 0.3 is 0 Å². The normalized spacial score (nSPS) is 12.3. The molecule has 27 heavy (non-hydrogen) atoms. The number of nitrogens with zero attached hydrogens (tertiary/aromatic N) is 1. The number of aryl methyl sites for hydroxylation is 1. The summed E-state index contributed by atoms with van der Waals surface area (Å²) in [5.41, 5.74) is 3.56. The van der Waals surface area contributed by atoms with Crippen molar-refractivity contribution in [2.75, 3.05) is 11.0 Å². The molecule has 1 unspecified atom stereocenters. The number of aromatic amines is 1. The summed E-state index contributed by atoms with van der Waals surface area (Å²) in [5, 5.41) is 1.88. The highest BCUT2D eigenvalue weighted by molar-refractivity contribution is 7.92. The first-order valence-electron chi connectivity index (χ1n) is 7.96. The molecule has 6 nitrogen and oxygen atoms in total. The molecule has 0 saturated carbocycles. The van der Waals surface area contributed by atoms with Crippen LogP contribution in [0.3, 0.4) is 0 Å². The van der Waals surface area contributed by atoms with Crippen molar-refractivity contribution in [3.05, 3.63) is 69.4 Å². The van der Waals surface area contributed by atoms with Crippen LogP contribution in [-0.4, -0.2) is 30.4 Å². The summed E-state index contributed by atoms with van der Waals surface area (Å²) in [6.45, 7) is 3.89. The smallest absolute Gasteiger partial charge is 0.229 e. The molecule has 0 aliphatic heterocycles. The highest BCUT2D eigenvalue weighted by atomic mass is 35.5. The van der Waals surface area contributed by atoms with Gasteiger partial charge in [0.2, 0.25) is 15.8 Å². The first-order chi connectivity index (χ1) is 12.2. The van der Waals surface area contributed by atoms with E-state index in [0.29, 0.717) is 16.3 Å². The van der Waals surface area contributed by atoms with Crippen molar-refractivity contribution in [3.8, 4) is 0 Å². The molecule has 0 amide bonds. The Hall–Kier alpha value is -2.16. The van der Waals surface area contributed by atoms with E-state index in [1.54, 1.807) is 12.1 Å². The molecule has 0 bridgehead atoms. The van der Waals surface area contributed by atoms with Crippen LogP contribution in [0.4, 0.5) is 5.69 Å². The van der Waals surface area contributed by atoms with Crippen LogP contribution in [-0.2, 0) is 10.0 Å². The quantitative estimate of drug-likeness (QED) is 0.585. The van der Waals surface area contributed by atoms with Gasteiger partial charge in [-0.2, -0.15) is 0 Å². The SMILES string of the molecule is Cc1cc(C(C)c2ccc(NS(C)(=O)=O)cn2)[nH]c1C(=O)c1cccs1.Cl. The Morgan fingerprint density at radius 1 is 1.30 bits per heavy atom. The number of sulfonamides is 1. The van der Waals surface area contributed by atoms with Gasteiger partial charge in [-0.3, -0.25) is 14.5 Å². The largest absolute Gasteiger partial charge is 0.355 e. The maximum absolute atomic E-state index is 12.6. The monoisotopic (exact) mass is 425 g/mol. The number of H-pyrrole nitrogens is 1. The Bertz CT molecular complexity index is 1030. The summed E-state index contributed by atoms with van der Waals surface area (Å²) in [4.78, 5) is 20.8. The molecular formula is C18H20ClN3O3S2. The molecule has 3 aromatic rings. The zero-order valence-corrected chi connectivity index (χ0v) is 17.5. The first-order valence-corrected chi connectivity index (χ1v) is 10.7. The maximum atomic E-state index is 12.6. The van der Waals surface area contributed by atoms with E-state index in [9.17, 15) is 13.2 Å². The number of carbonyl (C=O) groups is 1. The van der Waals surface area contributed by atoms with Gasteiger partial charge in [-0.05, 0) is 42.1 Å². The van der Waals surface area contributed by atoms with Crippen LogP contribution in [0.25, 0.3) is 0 Å². The second-order valence-electron chi connectivity index (χ2n) is 6.16. The van der Waals surface area contributed by atoms with Gasteiger partial charge in [-0.1, -0.05) is 13.0 Å². The number of anilines is 1. The molecule has 0 saturated heterocycles. The Balaban J connectivity index is 0.00000261. The van der Waals surface area contributed by atoms with Crippen LogP contribution in [0, 0.1) is 6.92 Å². The van der Waals surface area contributed by atoms with E-state index < -0.39 is 10.0 Å². The van der Waals surface area contributed by atoms with Gasteiger partial charge in [0.15, 0.2) is 0 Å². The first kappa shape index (κ1) is 21.1. The lowest BCUT2D eigenvalue weighted by atomic mass is 10.0. The van der Waals surface area contributed by atoms with Gasteiger partial charge in [0.1, 0.15) is 0 Å². The summed E-state index contributed by atoms with van der Waals surface area (Å²) in [6.07, 6.45) is 2.58. The van der Waals surface area contributed by atoms with Crippen LogP contribution >= 0.6 is 23.7 Å². The Labute approximate surface area is 168 Å². The molecule has 0 aromatic carbocycles. The molecule has 3 rings (SSSR count). The average Bonchev–Trinajstić information content (AvgIpc) is 3.22. The number of hydrogen-bond donors (Lipinski definition) is 2. The van der Waals surface area contributed by atoms with Crippen molar-refractivity contribution in [1.29, 1.82) is 0 Å².